The zero-order valence-corrected chi connectivity index (χ0v) is 14.6. The number of nitro groups is 1. The highest BCUT2D eigenvalue weighted by Gasteiger charge is 2.34. The fourth-order valence-corrected chi connectivity index (χ4v) is 3.17. The summed E-state index contributed by atoms with van der Waals surface area (Å²) in [6, 6.07) is 12.8. The zero-order valence-electron chi connectivity index (χ0n) is 14.6. The summed E-state index contributed by atoms with van der Waals surface area (Å²) in [5, 5.41) is 22.5. The SMILES string of the molecule is O=C([O-])c1ccc([N+](=O)[O-])c(OC2(C#Cc3ccccc3)CCCCC2)c1. The van der Waals surface area contributed by atoms with E-state index in [0.29, 0.717) is 12.8 Å². The first-order valence-corrected chi connectivity index (χ1v) is 8.76. The Morgan fingerprint density at radius 2 is 1.78 bits per heavy atom. The van der Waals surface area contributed by atoms with Crippen molar-refractivity contribution in [3.8, 4) is 17.6 Å². The second-order valence-electron chi connectivity index (χ2n) is 6.50. The predicted molar refractivity (Wildman–Crippen MR) is 97.2 cm³/mol. The lowest BCUT2D eigenvalue weighted by Gasteiger charge is -2.33. The molecule has 138 valence electrons. The molecule has 6 heteroatoms. The van der Waals surface area contributed by atoms with Crippen molar-refractivity contribution in [2.75, 3.05) is 0 Å². The number of carbonyl (C=O) groups is 1. The van der Waals surface area contributed by atoms with Crippen LogP contribution in [-0.2, 0) is 0 Å². The van der Waals surface area contributed by atoms with Gasteiger partial charge in [-0.25, -0.2) is 0 Å². The van der Waals surface area contributed by atoms with Gasteiger partial charge in [-0.05, 0) is 49.9 Å². The number of carbonyl (C=O) groups excluding carboxylic acids is 1. The molecule has 2 aromatic rings. The molecule has 0 amide bonds. The summed E-state index contributed by atoms with van der Waals surface area (Å²) in [5.74, 6) is 4.74. The van der Waals surface area contributed by atoms with Crippen LogP contribution in [0.3, 0.4) is 0 Å². The maximum Gasteiger partial charge on any atom is 0.311 e. The van der Waals surface area contributed by atoms with Gasteiger partial charge < -0.3 is 14.6 Å². The summed E-state index contributed by atoms with van der Waals surface area (Å²) in [7, 11) is 0. The monoisotopic (exact) mass is 364 g/mol. The van der Waals surface area contributed by atoms with E-state index < -0.39 is 16.5 Å². The number of hydrogen-bond donors (Lipinski definition) is 0. The molecule has 3 rings (SSSR count). The van der Waals surface area contributed by atoms with E-state index in [2.05, 4.69) is 11.8 Å². The maximum absolute atomic E-state index is 11.4. The van der Waals surface area contributed by atoms with Crippen LogP contribution in [0.15, 0.2) is 48.5 Å². The number of nitrogens with zero attached hydrogens (tertiary/aromatic N) is 1. The molecule has 1 aliphatic carbocycles. The van der Waals surface area contributed by atoms with Gasteiger partial charge in [0.2, 0.25) is 0 Å². The Kier molecular flexibility index (Phi) is 5.41. The molecule has 0 heterocycles. The molecular formula is C21H18NO5-. The van der Waals surface area contributed by atoms with E-state index in [1.807, 2.05) is 30.3 Å². The summed E-state index contributed by atoms with van der Waals surface area (Å²) in [6.45, 7) is 0. The van der Waals surface area contributed by atoms with Crippen LogP contribution in [0.4, 0.5) is 5.69 Å². The Hall–Kier alpha value is -3.33. The van der Waals surface area contributed by atoms with E-state index in [-0.39, 0.29) is 17.0 Å². The van der Waals surface area contributed by atoms with Crippen molar-refractivity contribution in [1.29, 1.82) is 0 Å². The normalized spacial score (nSPS) is 15.3. The molecule has 0 unspecified atom stereocenters. The number of nitro benzene ring substituents is 1. The largest absolute Gasteiger partial charge is 0.545 e. The van der Waals surface area contributed by atoms with Gasteiger partial charge in [0, 0.05) is 17.2 Å². The lowest BCUT2D eigenvalue weighted by Crippen LogP contribution is -2.37. The molecule has 0 bridgehead atoms. The van der Waals surface area contributed by atoms with Gasteiger partial charge in [-0.1, -0.05) is 36.5 Å². The number of aromatic carboxylic acids is 1. The van der Waals surface area contributed by atoms with Gasteiger partial charge in [-0.3, -0.25) is 10.1 Å². The van der Waals surface area contributed by atoms with Gasteiger partial charge in [0.25, 0.3) is 0 Å². The van der Waals surface area contributed by atoms with E-state index in [1.165, 1.54) is 0 Å². The van der Waals surface area contributed by atoms with Crippen molar-refractivity contribution in [3.05, 3.63) is 69.8 Å². The number of benzene rings is 2. The molecule has 0 atom stereocenters. The zero-order chi connectivity index (χ0) is 19.3. The fraction of sp³-hybridized carbons (Fsp3) is 0.286. The molecule has 6 nitrogen and oxygen atoms in total. The smallest absolute Gasteiger partial charge is 0.311 e. The van der Waals surface area contributed by atoms with Crippen LogP contribution < -0.4 is 9.84 Å². The Balaban J connectivity index is 2.00. The van der Waals surface area contributed by atoms with Crippen LogP contribution in [0.2, 0.25) is 0 Å². The predicted octanol–water partition coefficient (Wildman–Crippen LogP) is 3.09. The first-order valence-electron chi connectivity index (χ1n) is 8.76. The highest BCUT2D eigenvalue weighted by Crippen LogP contribution is 2.37. The molecule has 0 aliphatic heterocycles. The third-order valence-electron chi connectivity index (χ3n) is 4.57. The van der Waals surface area contributed by atoms with Gasteiger partial charge in [0.05, 0.1) is 10.9 Å². The van der Waals surface area contributed by atoms with Crippen molar-refractivity contribution in [2.24, 2.45) is 0 Å². The quantitative estimate of drug-likeness (QED) is 0.472. The summed E-state index contributed by atoms with van der Waals surface area (Å²) in [5.41, 5.74) is -0.517. The first kappa shape index (κ1) is 18.5. The Labute approximate surface area is 156 Å². The molecule has 1 fully saturated rings. The van der Waals surface area contributed by atoms with Gasteiger partial charge in [0.15, 0.2) is 11.4 Å². The summed E-state index contributed by atoms with van der Waals surface area (Å²) < 4.78 is 6.04. The second-order valence-corrected chi connectivity index (χ2v) is 6.50. The number of carboxylic acids is 1. The third kappa shape index (κ3) is 4.45. The number of rotatable bonds is 4. The van der Waals surface area contributed by atoms with Crippen molar-refractivity contribution in [1.82, 2.24) is 0 Å². The first-order chi connectivity index (χ1) is 13.0. The van der Waals surface area contributed by atoms with Gasteiger partial charge in [0.1, 0.15) is 0 Å². The lowest BCUT2D eigenvalue weighted by molar-refractivity contribution is -0.386. The van der Waals surface area contributed by atoms with Gasteiger partial charge in [-0.15, -0.1) is 0 Å². The van der Waals surface area contributed by atoms with Crippen LogP contribution in [0.5, 0.6) is 5.75 Å². The molecule has 0 radical (unpaired) electrons. The molecule has 0 spiro atoms. The Bertz CT molecular complexity index is 905. The molecular weight excluding hydrogens is 346 g/mol. The van der Waals surface area contributed by atoms with E-state index >= 15 is 0 Å². The standard InChI is InChI=1S/C21H19NO5/c23-20(24)17-9-10-18(22(25)26)19(15-17)27-21(12-5-2-6-13-21)14-11-16-7-3-1-4-8-16/h1,3-4,7-10,15H,2,5-6,12-13H2,(H,23,24)/p-1. The number of carboxylic acid groups (broad SMARTS) is 1. The third-order valence-corrected chi connectivity index (χ3v) is 4.57. The van der Waals surface area contributed by atoms with Crippen LogP contribution >= 0.6 is 0 Å². The van der Waals surface area contributed by atoms with E-state index in [1.54, 1.807) is 0 Å². The molecule has 0 aromatic heterocycles. The topological polar surface area (TPSA) is 92.5 Å². The summed E-state index contributed by atoms with van der Waals surface area (Å²) in [6.07, 6.45) is 4.06. The van der Waals surface area contributed by atoms with Crippen LogP contribution in [0.1, 0.15) is 48.0 Å². The van der Waals surface area contributed by atoms with E-state index in [4.69, 9.17) is 4.74 Å². The average Bonchev–Trinajstić information content (AvgIpc) is 2.68. The minimum absolute atomic E-state index is 0.0917. The van der Waals surface area contributed by atoms with Crippen LogP contribution in [-0.4, -0.2) is 16.5 Å². The molecule has 2 aromatic carbocycles. The fourth-order valence-electron chi connectivity index (χ4n) is 3.17. The van der Waals surface area contributed by atoms with Gasteiger partial charge in [-0.2, -0.15) is 0 Å². The summed E-state index contributed by atoms with van der Waals surface area (Å²) >= 11 is 0. The molecule has 1 aliphatic rings. The minimum Gasteiger partial charge on any atom is -0.545 e. The highest BCUT2D eigenvalue weighted by atomic mass is 16.6. The lowest BCUT2D eigenvalue weighted by atomic mass is 9.84. The van der Waals surface area contributed by atoms with E-state index in [9.17, 15) is 20.0 Å². The number of ether oxygens (including phenoxy) is 1. The highest BCUT2D eigenvalue weighted by molar-refractivity contribution is 5.87. The summed E-state index contributed by atoms with van der Waals surface area (Å²) in [4.78, 5) is 21.9. The van der Waals surface area contributed by atoms with Crippen molar-refractivity contribution in [3.63, 3.8) is 0 Å². The number of hydrogen-bond acceptors (Lipinski definition) is 5. The average molecular weight is 364 g/mol. The minimum atomic E-state index is -1.41. The van der Waals surface area contributed by atoms with Crippen LogP contribution in [0, 0.1) is 22.0 Å². The maximum atomic E-state index is 11.4. The van der Waals surface area contributed by atoms with Crippen LogP contribution in [0.25, 0.3) is 0 Å². The van der Waals surface area contributed by atoms with Crippen molar-refractivity contribution < 1.29 is 19.6 Å². The molecule has 0 N–H and O–H groups in total. The van der Waals surface area contributed by atoms with Crippen molar-refractivity contribution in [2.45, 2.75) is 37.7 Å². The second kappa shape index (κ2) is 7.92. The van der Waals surface area contributed by atoms with Crippen molar-refractivity contribution >= 4 is 11.7 Å². The molecule has 0 saturated heterocycles. The molecule has 1 saturated carbocycles. The molecule has 27 heavy (non-hydrogen) atoms. The Morgan fingerprint density at radius 1 is 1.07 bits per heavy atom. The van der Waals surface area contributed by atoms with Gasteiger partial charge >= 0.3 is 5.69 Å². The van der Waals surface area contributed by atoms with E-state index in [0.717, 1.165) is 43.0 Å². The Morgan fingerprint density at radius 3 is 2.41 bits per heavy atom.